The molecule has 0 aliphatic carbocycles. The Morgan fingerprint density at radius 1 is 1.05 bits per heavy atom. The second kappa shape index (κ2) is 4.58. The molecule has 20 heavy (non-hydrogen) atoms. The van der Waals surface area contributed by atoms with Crippen molar-refractivity contribution in [2.75, 3.05) is 4.90 Å². The van der Waals surface area contributed by atoms with Gasteiger partial charge in [0.25, 0.3) is 11.8 Å². The fourth-order valence-electron chi connectivity index (χ4n) is 2.11. The molecule has 0 saturated carbocycles. The van der Waals surface area contributed by atoms with Crippen LogP contribution in [-0.4, -0.2) is 16.8 Å². The molecule has 1 aliphatic heterocycles. The Labute approximate surface area is 124 Å². The number of aryl methyl sites for hydroxylation is 1. The van der Waals surface area contributed by atoms with Crippen molar-refractivity contribution < 1.29 is 9.59 Å². The number of carbonyl (C=O) groups is 2. The zero-order chi connectivity index (χ0) is 14.4. The highest BCUT2D eigenvalue weighted by molar-refractivity contribution is 6.42. The number of hydrogen-bond donors (Lipinski definition) is 0. The first-order valence-electron chi connectivity index (χ1n) is 5.81. The van der Waals surface area contributed by atoms with E-state index in [9.17, 15) is 9.59 Å². The summed E-state index contributed by atoms with van der Waals surface area (Å²) in [6.45, 7) is 1.73. The zero-order valence-electron chi connectivity index (χ0n) is 10.4. The van der Waals surface area contributed by atoms with Crippen LogP contribution in [0.3, 0.4) is 0 Å². The van der Waals surface area contributed by atoms with Gasteiger partial charge in [0.15, 0.2) is 0 Å². The lowest BCUT2D eigenvalue weighted by atomic mass is 10.1. The quantitative estimate of drug-likeness (QED) is 0.598. The monoisotopic (exact) mass is 306 g/mol. The van der Waals surface area contributed by atoms with E-state index in [1.165, 1.54) is 0 Å². The Morgan fingerprint density at radius 2 is 1.60 bits per heavy atom. The minimum atomic E-state index is -0.407. The molecule has 1 aromatic heterocycles. The van der Waals surface area contributed by atoms with E-state index in [2.05, 4.69) is 4.98 Å². The van der Waals surface area contributed by atoms with Crippen LogP contribution in [0.15, 0.2) is 30.3 Å². The summed E-state index contributed by atoms with van der Waals surface area (Å²) in [7, 11) is 0. The van der Waals surface area contributed by atoms with Crippen LogP contribution in [0.4, 0.5) is 5.82 Å². The average molecular weight is 307 g/mol. The van der Waals surface area contributed by atoms with Gasteiger partial charge in [0.05, 0.1) is 16.1 Å². The molecular weight excluding hydrogens is 299 g/mol. The topological polar surface area (TPSA) is 50.3 Å². The van der Waals surface area contributed by atoms with Gasteiger partial charge in [-0.05, 0) is 30.7 Å². The molecule has 2 heterocycles. The molecule has 2 amide bonds. The summed E-state index contributed by atoms with van der Waals surface area (Å²) in [5.41, 5.74) is 1.38. The van der Waals surface area contributed by atoms with Gasteiger partial charge in [0.1, 0.15) is 11.0 Å². The first kappa shape index (κ1) is 13.1. The summed E-state index contributed by atoms with van der Waals surface area (Å²) in [6.07, 6.45) is 0. The molecule has 1 aromatic carbocycles. The van der Waals surface area contributed by atoms with Crippen molar-refractivity contribution in [1.82, 2.24) is 4.98 Å². The number of amides is 2. The largest absolute Gasteiger partial charge is 0.268 e. The van der Waals surface area contributed by atoms with Gasteiger partial charge in [-0.15, -0.1) is 0 Å². The number of imide groups is 1. The van der Waals surface area contributed by atoms with E-state index in [1.54, 1.807) is 37.3 Å². The highest BCUT2D eigenvalue weighted by Gasteiger charge is 2.37. The molecule has 4 nitrogen and oxygen atoms in total. The van der Waals surface area contributed by atoms with Crippen molar-refractivity contribution in [3.8, 4) is 0 Å². The SMILES string of the molecule is Cc1cc(N2C(=O)c3ccccc3C2=O)nc(Cl)c1Cl. The van der Waals surface area contributed by atoms with Crippen LogP contribution in [0.2, 0.25) is 10.2 Å². The van der Waals surface area contributed by atoms with E-state index in [-0.39, 0.29) is 11.0 Å². The molecule has 0 bridgehead atoms. The lowest BCUT2D eigenvalue weighted by Gasteiger charge is -2.14. The number of fused-ring (bicyclic) bond motifs is 1. The Morgan fingerprint density at radius 3 is 2.10 bits per heavy atom. The van der Waals surface area contributed by atoms with Crippen LogP contribution in [0.5, 0.6) is 0 Å². The van der Waals surface area contributed by atoms with Gasteiger partial charge in [0.2, 0.25) is 0 Å². The standard InChI is InChI=1S/C14H8Cl2N2O2/c1-7-6-10(17-12(16)11(7)15)18-13(19)8-4-2-3-5-9(8)14(18)20/h2-6H,1H3. The number of rotatable bonds is 1. The highest BCUT2D eigenvalue weighted by Crippen LogP contribution is 2.32. The molecule has 0 unspecified atom stereocenters. The molecule has 6 heteroatoms. The highest BCUT2D eigenvalue weighted by atomic mass is 35.5. The zero-order valence-corrected chi connectivity index (χ0v) is 11.9. The van der Waals surface area contributed by atoms with Gasteiger partial charge >= 0.3 is 0 Å². The van der Waals surface area contributed by atoms with Gasteiger partial charge in [0, 0.05) is 0 Å². The number of benzene rings is 1. The fraction of sp³-hybridized carbons (Fsp3) is 0.0714. The van der Waals surface area contributed by atoms with Crippen LogP contribution < -0.4 is 4.90 Å². The van der Waals surface area contributed by atoms with E-state index in [0.29, 0.717) is 21.7 Å². The van der Waals surface area contributed by atoms with E-state index in [1.807, 2.05) is 0 Å². The van der Waals surface area contributed by atoms with Crippen molar-refractivity contribution in [2.45, 2.75) is 6.92 Å². The molecular formula is C14H8Cl2N2O2. The number of halogens is 2. The van der Waals surface area contributed by atoms with Gasteiger partial charge in [-0.3, -0.25) is 9.59 Å². The third-order valence-corrected chi connectivity index (χ3v) is 3.96. The Kier molecular flexibility index (Phi) is 3.00. The number of carbonyl (C=O) groups excluding carboxylic acids is 2. The van der Waals surface area contributed by atoms with Crippen molar-refractivity contribution in [3.05, 3.63) is 57.2 Å². The second-order valence-corrected chi connectivity index (χ2v) is 5.13. The molecule has 0 atom stereocenters. The van der Waals surface area contributed by atoms with Crippen LogP contribution in [0, 0.1) is 6.92 Å². The summed E-state index contributed by atoms with van der Waals surface area (Å²) in [5, 5.41) is 0.380. The summed E-state index contributed by atoms with van der Waals surface area (Å²) in [5.74, 6) is -0.630. The molecule has 0 fully saturated rings. The van der Waals surface area contributed by atoms with E-state index in [4.69, 9.17) is 23.2 Å². The first-order valence-corrected chi connectivity index (χ1v) is 6.56. The van der Waals surface area contributed by atoms with E-state index in [0.717, 1.165) is 4.90 Å². The van der Waals surface area contributed by atoms with Crippen LogP contribution in [-0.2, 0) is 0 Å². The third-order valence-electron chi connectivity index (χ3n) is 3.11. The predicted molar refractivity (Wildman–Crippen MR) is 76.6 cm³/mol. The molecule has 2 aromatic rings. The molecule has 0 saturated heterocycles. The number of hydrogen-bond acceptors (Lipinski definition) is 3. The minimum Gasteiger partial charge on any atom is -0.268 e. The number of nitrogens with zero attached hydrogens (tertiary/aromatic N) is 2. The molecule has 1 aliphatic rings. The molecule has 0 spiro atoms. The van der Waals surface area contributed by atoms with Crippen LogP contribution in [0.25, 0.3) is 0 Å². The van der Waals surface area contributed by atoms with E-state index < -0.39 is 11.8 Å². The summed E-state index contributed by atoms with van der Waals surface area (Å²) < 4.78 is 0. The van der Waals surface area contributed by atoms with Crippen molar-refractivity contribution in [1.29, 1.82) is 0 Å². The maximum Gasteiger partial charge on any atom is 0.267 e. The van der Waals surface area contributed by atoms with Gasteiger partial charge in [-0.25, -0.2) is 9.88 Å². The van der Waals surface area contributed by atoms with Gasteiger partial charge < -0.3 is 0 Å². The number of aromatic nitrogens is 1. The normalized spacial score (nSPS) is 13.8. The number of anilines is 1. The Bertz CT molecular complexity index is 701. The predicted octanol–water partition coefficient (Wildman–Crippen LogP) is 3.50. The van der Waals surface area contributed by atoms with Crippen molar-refractivity contribution in [2.24, 2.45) is 0 Å². The fourth-order valence-corrected chi connectivity index (χ4v) is 2.45. The molecule has 0 radical (unpaired) electrons. The summed E-state index contributed by atoms with van der Waals surface area (Å²) in [6, 6.07) is 8.21. The minimum absolute atomic E-state index is 0.0678. The average Bonchev–Trinajstić information content (AvgIpc) is 2.68. The maximum atomic E-state index is 12.3. The second-order valence-electron chi connectivity index (χ2n) is 4.39. The Balaban J connectivity index is 2.14. The molecule has 0 N–H and O–H groups in total. The smallest absolute Gasteiger partial charge is 0.267 e. The molecule has 100 valence electrons. The van der Waals surface area contributed by atoms with Gasteiger partial charge in [-0.1, -0.05) is 35.3 Å². The van der Waals surface area contributed by atoms with Crippen molar-refractivity contribution in [3.63, 3.8) is 0 Å². The lowest BCUT2D eigenvalue weighted by Crippen LogP contribution is -2.30. The third kappa shape index (κ3) is 1.80. The number of pyridine rings is 1. The Hall–Kier alpha value is -1.91. The van der Waals surface area contributed by atoms with Crippen LogP contribution in [0.1, 0.15) is 26.3 Å². The summed E-state index contributed by atoms with van der Waals surface area (Å²) in [4.78, 5) is 29.6. The van der Waals surface area contributed by atoms with Crippen LogP contribution >= 0.6 is 23.2 Å². The first-order chi connectivity index (χ1) is 9.50. The van der Waals surface area contributed by atoms with E-state index >= 15 is 0 Å². The molecule has 3 rings (SSSR count). The maximum absolute atomic E-state index is 12.3. The lowest BCUT2D eigenvalue weighted by molar-refractivity contribution is 0.0925. The van der Waals surface area contributed by atoms with Crippen molar-refractivity contribution >= 4 is 40.8 Å². The van der Waals surface area contributed by atoms with Gasteiger partial charge in [-0.2, -0.15) is 0 Å². The summed E-state index contributed by atoms with van der Waals surface area (Å²) >= 11 is 11.8.